The highest BCUT2D eigenvalue weighted by atomic mass is 32.2. The number of hydrogen-bond donors (Lipinski definition) is 1. The molecule has 27 heavy (non-hydrogen) atoms. The van der Waals surface area contributed by atoms with Crippen molar-refractivity contribution in [3.8, 4) is 0 Å². The lowest BCUT2D eigenvalue weighted by Crippen LogP contribution is -2.40. The summed E-state index contributed by atoms with van der Waals surface area (Å²) in [5.74, 6) is -3.16. The van der Waals surface area contributed by atoms with Crippen LogP contribution in [0.1, 0.15) is 11.6 Å². The van der Waals surface area contributed by atoms with Gasteiger partial charge in [-0.05, 0) is 17.7 Å². The second-order valence-corrected chi connectivity index (χ2v) is 7.35. The van der Waals surface area contributed by atoms with Gasteiger partial charge in [-0.25, -0.2) is 31.6 Å². The molecule has 0 aromatic heterocycles. The molecule has 0 aliphatic carbocycles. The molecule has 1 fully saturated rings. The summed E-state index contributed by atoms with van der Waals surface area (Å²) in [6.45, 7) is -0.841. The van der Waals surface area contributed by atoms with Crippen LogP contribution >= 0.6 is 0 Å². The zero-order chi connectivity index (χ0) is 19.6. The van der Waals surface area contributed by atoms with E-state index < -0.39 is 57.7 Å². The van der Waals surface area contributed by atoms with Crippen LogP contribution in [-0.2, 0) is 19.6 Å². The zero-order valence-corrected chi connectivity index (χ0v) is 14.6. The fraction of sp³-hybridized carbons (Fsp3) is 0.176. The number of nitrogens with zero attached hydrogens (tertiary/aromatic N) is 1. The van der Waals surface area contributed by atoms with Crippen LogP contribution < -0.4 is 4.72 Å². The summed E-state index contributed by atoms with van der Waals surface area (Å²) in [7, 11) is -4.64. The SMILES string of the molecule is O=C1COC(=O)N1CC(NS(=O)(=O)c1c(F)cccc1F)c1ccccc1. The Morgan fingerprint density at radius 1 is 1.04 bits per heavy atom. The summed E-state index contributed by atoms with van der Waals surface area (Å²) in [5.41, 5.74) is 0.394. The van der Waals surface area contributed by atoms with Gasteiger partial charge in [0.05, 0.1) is 12.6 Å². The van der Waals surface area contributed by atoms with E-state index in [0.717, 1.165) is 23.1 Å². The maximum atomic E-state index is 13.9. The fourth-order valence-corrected chi connectivity index (χ4v) is 3.97. The molecular formula is C17H14F2N2O5S. The highest BCUT2D eigenvalue weighted by Gasteiger charge is 2.35. The summed E-state index contributed by atoms with van der Waals surface area (Å²) >= 11 is 0. The first-order valence-electron chi connectivity index (χ1n) is 7.78. The second kappa shape index (κ2) is 7.41. The van der Waals surface area contributed by atoms with E-state index in [1.54, 1.807) is 30.3 Å². The van der Waals surface area contributed by atoms with Crippen LogP contribution in [0.2, 0.25) is 0 Å². The van der Waals surface area contributed by atoms with Crippen LogP contribution in [0.5, 0.6) is 0 Å². The maximum absolute atomic E-state index is 13.9. The molecule has 2 aromatic carbocycles. The van der Waals surface area contributed by atoms with Crippen molar-refractivity contribution >= 4 is 22.0 Å². The van der Waals surface area contributed by atoms with Gasteiger partial charge < -0.3 is 4.74 Å². The number of nitrogens with one attached hydrogen (secondary N) is 1. The number of ether oxygens (including phenoxy) is 1. The van der Waals surface area contributed by atoms with Gasteiger partial charge in [0, 0.05) is 0 Å². The maximum Gasteiger partial charge on any atom is 0.417 e. The van der Waals surface area contributed by atoms with E-state index in [0.29, 0.717) is 5.56 Å². The molecule has 142 valence electrons. The average molecular weight is 396 g/mol. The van der Waals surface area contributed by atoms with Gasteiger partial charge in [0.15, 0.2) is 11.5 Å². The highest BCUT2D eigenvalue weighted by Crippen LogP contribution is 2.23. The van der Waals surface area contributed by atoms with E-state index in [1.165, 1.54) is 0 Å². The standard InChI is InChI=1S/C17H14F2N2O5S/c18-12-7-4-8-13(19)16(12)27(24,25)20-14(11-5-2-1-3-6-11)9-21-15(22)10-26-17(21)23/h1-8,14,20H,9-10H2. The van der Waals surface area contributed by atoms with E-state index in [9.17, 15) is 26.8 Å². The molecule has 1 aliphatic rings. The molecule has 1 saturated heterocycles. The summed E-state index contributed by atoms with van der Waals surface area (Å²) < 4.78 is 59.8. The van der Waals surface area contributed by atoms with Gasteiger partial charge in [-0.1, -0.05) is 36.4 Å². The molecule has 1 aliphatic heterocycles. The van der Waals surface area contributed by atoms with Crippen molar-refractivity contribution in [3.05, 3.63) is 65.7 Å². The predicted octanol–water partition coefficient (Wildman–Crippen LogP) is 1.96. The van der Waals surface area contributed by atoms with Crippen LogP contribution in [0.15, 0.2) is 53.4 Å². The number of cyclic esters (lactones) is 1. The summed E-state index contributed by atoms with van der Waals surface area (Å²) in [5, 5.41) is 0. The number of imide groups is 1. The van der Waals surface area contributed by atoms with Crippen LogP contribution in [0.25, 0.3) is 0 Å². The van der Waals surface area contributed by atoms with Crippen molar-refractivity contribution in [2.75, 3.05) is 13.2 Å². The predicted molar refractivity (Wildman–Crippen MR) is 88.9 cm³/mol. The third kappa shape index (κ3) is 3.96. The molecule has 0 spiro atoms. The van der Waals surface area contributed by atoms with E-state index >= 15 is 0 Å². The summed E-state index contributed by atoms with van der Waals surface area (Å²) in [4.78, 5) is 23.1. The number of carbonyl (C=O) groups is 2. The van der Waals surface area contributed by atoms with Gasteiger partial charge in [0.1, 0.15) is 11.6 Å². The van der Waals surface area contributed by atoms with Crippen molar-refractivity contribution in [1.82, 2.24) is 9.62 Å². The Kier molecular flexibility index (Phi) is 5.19. The molecule has 2 amide bonds. The molecule has 1 unspecified atom stereocenters. The van der Waals surface area contributed by atoms with Crippen molar-refractivity contribution in [2.24, 2.45) is 0 Å². The smallest absolute Gasteiger partial charge is 0.417 e. The minimum atomic E-state index is -4.64. The molecule has 3 rings (SSSR count). The Bertz CT molecular complexity index is 946. The number of halogens is 2. The molecule has 0 bridgehead atoms. The first-order chi connectivity index (χ1) is 12.8. The topological polar surface area (TPSA) is 92.8 Å². The molecule has 1 atom stereocenters. The largest absolute Gasteiger partial charge is 0.439 e. The second-order valence-electron chi connectivity index (χ2n) is 5.69. The number of carbonyl (C=O) groups excluding carboxylic acids is 2. The first-order valence-corrected chi connectivity index (χ1v) is 9.26. The average Bonchev–Trinajstić information content (AvgIpc) is 2.93. The number of benzene rings is 2. The van der Waals surface area contributed by atoms with E-state index in [1.807, 2.05) is 0 Å². The Labute approximate surface area is 153 Å². The molecule has 1 N–H and O–H groups in total. The minimum absolute atomic E-state index is 0.392. The van der Waals surface area contributed by atoms with Crippen molar-refractivity contribution in [2.45, 2.75) is 10.9 Å². The van der Waals surface area contributed by atoms with Crippen LogP contribution in [0.4, 0.5) is 13.6 Å². The molecule has 2 aromatic rings. The van der Waals surface area contributed by atoms with Gasteiger partial charge in [0.2, 0.25) is 10.0 Å². The van der Waals surface area contributed by atoms with E-state index in [-0.39, 0.29) is 0 Å². The van der Waals surface area contributed by atoms with Gasteiger partial charge in [-0.15, -0.1) is 0 Å². The monoisotopic (exact) mass is 396 g/mol. The number of hydrogen-bond acceptors (Lipinski definition) is 5. The number of rotatable bonds is 6. The normalized spacial score (nSPS) is 15.7. The quantitative estimate of drug-likeness (QED) is 0.806. The fourth-order valence-electron chi connectivity index (χ4n) is 2.62. The molecule has 0 saturated carbocycles. The Hall–Kier alpha value is -2.85. The first kappa shape index (κ1) is 18.9. The Balaban J connectivity index is 1.96. The third-order valence-electron chi connectivity index (χ3n) is 3.89. The van der Waals surface area contributed by atoms with Crippen LogP contribution in [-0.4, -0.2) is 38.5 Å². The van der Waals surface area contributed by atoms with Crippen LogP contribution in [0, 0.1) is 11.6 Å². The molecule has 0 radical (unpaired) electrons. The molecule has 10 heteroatoms. The molecular weight excluding hydrogens is 382 g/mol. The third-order valence-corrected chi connectivity index (χ3v) is 5.42. The number of amides is 2. The molecule has 1 heterocycles. The molecule has 7 nitrogen and oxygen atoms in total. The lowest BCUT2D eigenvalue weighted by molar-refractivity contribution is -0.126. The van der Waals surface area contributed by atoms with Gasteiger partial charge in [-0.2, -0.15) is 0 Å². The lowest BCUT2D eigenvalue weighted by atomic mass is 10.1. The van der Waals surface area contributed by atoms with Crippen molar-refractivity contribution in [3.63, 3.8) is 0 Å². The zero-order valence-electron chi connectivity index (χ0n) is 13.8. The van der Waals surface area contributed by atoms with Crippen molar-refractivity contribution < 1.29 is 31.5 Å². The Morgan fingerprint density at radius 3 is 2.22 bits per heavy atom. The minimum Gasteiger partial charge on any atom is -0.439 e. The highest BCUT2D eigenvalue weighted by molar-refractivity contribution is 7.89. The van der Waals surface area contributed by atoms with Gasteiger partial charge >= 0.3 is 6.09 Å². The van der Waals surface area contributed by atoms with Gasteiger partial charge in [0.25, 0.3) is 5.91 Å². The van der Waals surface area contributed by atoms with E-state index in [2.05, 4.69) is 9.46 Å². The Morgan fingerprint density at radius 2 is 1.67 bits per heavy atom. The summed E-state index contributed by atoms with van der Waals surface area (Å²) in [6, 6.07) is 9.55. The van der Waals surface area contributed by atoms with Crippen LogP contribution in [0.3, 0.4) is 0 Å². The summed E-state index contributed by atoms with van der Waals surface area (Å²) in [6.07, 6.45) is -0.919. The van der Waals surface area contributed by atoms with E-state index in [4.69, 9.17) is 0 Å². The lowest BCUT2D eigenvalue weighted by Gasteiger charge is -2.23. The van der Waals surface area contributed by atoms with Gasteiger partial charge in [-0.3, -0.25) is 4.79 Å². The number of sulfonamides is 1. The van der Waals surface area contributed by atoms with Crippen molar-refractivity contribution in [1.29, 1.82) is 0 Å².